The van der Waals surface area contributed by atoms with E-state index in [1.807, 2.05) is 0 Å². The molecule has 0 radical (unpaired) electrons. The number of hydrogen-bond donors (Lipinski definition) is 0. The molecular formula is C21H30O3. The van der Waals surface area contributed by atoms with Crippen molar-refractivity contribution >= 4 is 11.6 Å². The van der Waals surface area contributed by atoms with E-state index in [4.69, 9.17) is 4.74 Å². The molecule has 132 valence electrons. The van der Waals surface area contributed by atoms with Gasteiger partial charge in [0.25, 0.3) is 0 Å². The maximum absolute atomic E-state index is 12.4. The van der Waals surface area contributed by atoms with Crippen LogP contribution in [0.3, 0.4) is 0 Å². The van der Waals surface area contributed by atoms with E-state index in [2.05, 4.69) is 13.8 Å². The molecular weight excluding hydrogens is 300 g/mol. The van der Waals surface area contributed by atoms with Gasteiger partial charge in [-0.2, -0.15) is 0 Å². The van der Waals surface area contributed by atoms with Crippen molar-refractivity contribution in [1.29, 1.82) is 0 Å². The lowest BCUT2D eigenvalue weighted by Crippen LogP contribution is -2.56. The van der Waals surface area contributed by atoms with Crippen LogP contribution in [0.15, 0.2) is 0 Å². The molecule has 0 aromatic heterocycles. The minimum absolute atomic E-state index is 0.0539. The lowest BCUT2D eigenvalue weighted by molar-refractivity contribution is -0.151. The summed E-state index contributed by atoms with van der Waals surface area (Å²) in [6.07, 6.45) is 8.84. The maximum Gasteiger partial charge on any atom is 0.164 e. The van der Waals surface area contributed by atoms with Crippen molar-refractivity contribution in [3.8, 4) is 0 Å². The number of carbonyl (C=O) groups excluding carboxylic acids is 2. The lowest BCUT2D eigenvalue weighted by atomic mass is 9.44. The number of rotatable bonds is 1. The van der Waals surface area contributed by atoms with Gasteiger partial charge in [0.05, 0.1) is 6.10 Å². The molecule has 3 heteroatoms. The summed E-state index contributed by atoms with van der Waals surface area (Å²) in [5.74, 6) is 3.50. The average Bonchev–Trinajstić information content (AvgIpc) is 3.21. The Morgan fingerprint density at radius 1 is 1.12 bits per heavy atom. The summed E-state index contributed by atoms with van der Waals surface area (Å²) < 4.78 is 6.01. The smallest absolute Gasteiger partial charge is 0.164 e. The first-order valence-corrected chi connectivity index (χ1v) is 10.0. The number of fused-ring (bicyclic) bond motifs is 7. The van der Waals surface area contributed by atoms with Crippen molar-refractivity contribution in [2.45, 2.75) is 83.8 Å². The maximum atomic E-state index is 12.4. The summed E-state index contributed by atoms with van der Waals surface area (Å²) in [4.78, 5) is 24.4. The molecule has 1 aliphatic heterocycles. The van der Waals surface area contributed by atoms with Gasteiger partial charge in [0.15, 0.2) is 11.4 Å². The van der Waals surface area contributed by atoms with Crippen molar-refractivity contribution < 1.29 is 14.3 Å². The average molecular weight is 330 g/mol. The van der Waals surface area contributed by atoms with Gasteiger partial charge in [0, 0.05) is 18.3 Å². The zero-order valence-electron chi connectivity index (χ0n) is 15.3. The first kappa shape index (κ1) is 15.5. The summed E-state index contributed by atoms with van der Waals surface area (Å²) >= 11 is 0. The van der Waals surface area contributed by atoms with Crippen molar-refractivity contribution in [2.24, 2.45) is 34.5 Å². The fourth-order valence-corrected chi connectivity index (χ4v) is 8.11. The summed E-state index contributed by atoms with van der Waals surface area (Å²) in [6.45, 7) is 6.57. The summed E-state index contributed by atoms with van der Waals surface area (Å²) in [7, 11) is 0. The minimum atomic E-state index is -0.442. The normalized spacial score (nSPS) is 58.3. The summed E-state index contributed by atoms with van der Waals surface area (Å²) in [6, 6.07) is 0. The molecule has 4 aliphatic carbocycles. The lowest BCUT2D eigenvalue weighted by Gasteiger charge is -2.60. The van der Waals surface area contributed by atoms with Gasteiger partial charge in [-0.15, -0.1) is 0 Å². The van der Waals surface area contributed by atoms with Crippen LogP contribution in [0.4, 0.5) is 0 Å². The Morgan fingerprint density at radius 3 is 2.67 bits per heavy atom. The Kier molecular flexibility index (Phi) is 2.93. The number of ether oxygens (including phenoxy) is 1. The van der Waals surface area contributed by atoms with Crippen LogP contribution < -0.4 is 0 Å². The van der Waals surface area contributed by atoms with Gasteiger partial charge in [-0.3, -0.25) is 9.59 Å². The number of hydrogen-bond acceptors (Lipinski definition) is 3. The van der Waals surface area contributed by atoms with E-state index in [0.717, 1.165) is 43.9 Å². The standard InChI is InChI=1S/C21H30O3/c1-12(22)21-18(24-21)11-17-15-5-4-13-10-14(23)6-8-19(13,2)16(15)7-9-20(17,21)3/h13,15-18H,4-11H2,1-3H3/t13-,15+,16-,17-,18+,19-,20-,21+/m0/s1. The van der Waals surface area contributed by atoms with E-state index in [1.54, 1.807) is 6.92 Å². The molecule has 5 aliphatic rings. The first-order valence-electron chi connectivity index (χ1n) is 10.0. The third-order valence-electron chi connectivity index (χ3n) is 9.44. The first-order chi connectivity index (χ1) is 11.3. The molecule has 3 nitrogen and oxygen atoms in total. The van der Waals surface area contributed by atoms with Crippen molar-refractivity contribution in [2.75, 3.05) is 0 Å². The van der Waals surface area contributed by atoms with E-state index >= 15 is 0 Å². The van der Waals surface area contributed by atoms with Crippen LogP contribution >= 0.6 is 0 Å². The second kappa shape index (κ2) is 4.52. The van der Waals surface area contributed by atoms with Crippen LogP contribution in [0.1, 0.15) is 72.1 Å². The molecule has 5 rings (SSSR count). The number of carbonyl (C=O) groups is 2. The van der Waals surface area contributed by atoms with Gasteiger partial charge in [-0.1, -0.05) is 13.8 Å². The minimum Gasteiger partial charge on any atom is -0.357 e. The van der Waals surface area contributed by atoms with Crippen molar-refractivity contribution in [3.05, 3.63) is 0 Å². The molecule has 0 N–H and O–H groups in total. The van der Waals surface area contributed by atoms with Crippen LogP contribution in [0.5, 0.6) is 0 Å². The Bertz CT molecular complexity index is 627. The molecule has 0 bridgehead atoms. The molecule has 8 atom stereocenters. The van der Waals surface area contributed by atoms with Gasteiger partial charge >= 0.3 is 0 Å². The van der Waals surface area contributed by atoms with Gasteiger partial charge in [-0.25, -0.2) is 0 Å². The van der Waals surface area contributed by atoms with Crippen LogP contribution in [-0.2, 0) is 14.3 Å². The third-order valence-corrected chi connectivity index (χ3v) is 9.44. The van der Waals surface area contributed by atoms with Crippen LogP contribution in [0.2, 0.25) is 0 Å². The Labute approximate surface area is 144 Å². The molecule has 1 saturated heterocycles. The number of Topliss-reactive ketones (excluding diaryl/α,β-unsaturated/α-hetero) is 2. The zero-order chi connectivity index (χ0) is 16.9. The van der Waals surface area contributed by atoms with E-state index in [9.17, 15) is 9.59 Å². The van der Waals surface area contributed by atoms with Crippen LogP contribution in [-0.4, -0.2) is 23.3 Å². The molecule has 1 heterocycles. The van der Waals surface area contributed by atoms with E-state index in [0.29, 0.717) is 23.0 Å². The Morgan fingerprint density at radius 2 is 1.92 bits per heavy atom. The van der Waals surface area contributed by atoms with Crippen LogP contribution in [0, 0.1) is 34.5 Å². The highest BCUT2D eigenvalue weighted by Gasteiger charge is 2.79. The van der Waals surface area contributed by atoms with E-state index < -0.39 is 5.60 Å². The van der Waals surface area contributed by atoms with E-state index in [1.165, 1.54) is 19.3 Å². The number of epoxide rings is 1. The molecule has 4 saturated carbocycles. The van der Waals surface area contributed by atoms with Crippen molar-refractivity contribution in [3.63, 3.8) is 0 Å². The molecule has 5 fully saturated rings. The highest BCUT2D eigenvalue weighted by molar-refractivity contribution is 5.90. The third kappa shape index (κ3) is 1.59. The summed E-state index contributed by atoms with van der Waals surface area (Å²) in [5, 5.41) is 0. The quantitative estimate of drug-likeness (QED) is 0.684. The molecule has 0 amide bonds. The monoisotopic (exact) mass is 330 g/mol. The predicted octanol–water partition coefficient (Wildman–Crippen LogP) is 3.93. The molecule has 0 aromatic carbocycles. The predicted molar refractivity (Wildman–Crippen MR) is 90.4 cm³/mol. The van der Waals surface area contributed by atoms with Gasteiger partial charge < -0.3 is 4.74 Å². The van der Waals surface area contributed by atoms with Gasteiger partial charge in [0.1, 0.15) is 5.78 Å². The van der Waals surface area contributed by atoms with Gasteiger partial charge in [-0.05, 0) is 74.5 Å². The fraction of sp³-hybridized carbons (Fsp3) is 0.905. The largest absolute Gasteiger partial charge is 0.357 e. The molecule has 0 aromatic rings. The highest BCUT2D eigenvalue weighted by atomic mass is 16.6. The second-order valence-corrected chi connectivity index (χ2v) is 9.99. The number of ketones is 2. The highest BCUT2D eigenvalue weighted by Crippen LogP contribution is 2.73. The topological polar surface area (TPSA) is 46.7 Å². The van der Waals surface area contributed by atoms with Gasteiger partial charge in [0.2, 0.25) is 0 Å². The fourth-order valence-electron chi connectivity index (χ4n) is 8.11. The molecule has 0 spiro atoms. The SMILES string of the molecule is CC(=O)[C@@]12O[C@@H]1C[C@H]1[C@@H]3CC[C@H]4CC(=O)CC[C@]4(C)[C@H]3CC[C@@]12C. The van der Waals surface area contributed by atoms with Crippen LogP contribution in [0.25, 0.3) is 0 Å². The zero-order valence-corrected chi connectivity index (χ0v) is 15.3. The van der Waals surface area contributed by atoms with E-state index in [-0.39, 0.29) is 17.3 Å². The Balaban J connectivity index is 1.48. The summed E-state index contributed by atoms with van der Waals surface area (Å²) in [5.41, 5.74) is -0.0313. The molecule has 0 unspecified atom stereocenters. The Hall–Kier alpha value is -0.700. The molecule has 24 heavy (non-hydrogen) atoms. The second-order valence-electron chi connectivity index (χ2n) is 9.99. The van der Waals surface area contributed by atoms with Crippen molar-refractivity contribution in [1.82, 2.24) is 0 Å².